The first-order chi connectivity index (χ1) is 18.1. The summed E-state index contributed by atoms with van der Waals surface area (Å²) in [5.41, 5.74) is 4.55. The van der Waals surface area contributed by atoms with Crippen LogP contribution in [-0.2, 0) is 0 Å². The van der Waals surface area contributed by atoms with Crippen LogP contribution in [0.4, 0.5) is 17.3 Å². The predicted molar refractivity (Wildman–Crippen MR) is 143 cm³/mol. The molecule has 3 N–H and O–H groups in total. The number of β-amino-alcohol motifs (C(OH)–C–C–N with tert-alkyl or cyclic N) is 1. The summed E-state index contributed by atoms with van der Waals surface area (Å²) in [7, 11) is 3.31. The van der Waals surface area contributed by atoms with E-state index in [4.69, 9.17) is 19.7 Å². The van der Waals surface area contributed by atoms with Gasteiger partial charge in [-0.25, -0.2) is 9.50 Å². The second-order valence-electron chi connectivity index (χ2n) is 8.97. The standard InChI is InChI=1S/C27H32N6O4/c1-36-25-6-4-3-5-22(25)24-10-8-20-16-28-27(30-33(20)24)29-23-9-7-19(15-26(23)37-2)32-13-11-31(12-14-32)17-21(35)18-34/h3-10,15-16,21,34-35H,11-14,17-18H2,1-2H3,(H,29,30)/t21-/m1/s1. The Morgan fingerprint density at radius 1 is 0.973 bits per heavy atom. The monoisotopic (exact) mass is 504 g/mol. The Balaban J connectivity index is 1.34. The maximum Gasteiger partial charge on any atom is 0.245 e. The van der Waals surface area contributed by atoms with Crippen molar-refractivity contribution in [3.63, 3.8) is 0 Å². The summed E-state index contributed by atoms with van der Waals surface area (Å²) < 4.78 is 13.1. The quantitative estimate of drug-likeness (QED) is 0.317. The number of hydrogen-bond donors (Lipinski definition) is 3. The number of aliphatic hydroxyl groups is 2. The van der Waals surface area contributed by atoms with E-state index in [9.17, 15) is 5.11 Å². The van der Waals surface area contributed by atoms with Crippen LogP contribution in [0.25, 0.3) is 16.8 Å². The summed E-state index contributed by atoms with van der Waals surface area (Å²) in [6, 6.07) is 17.9. The van der Waals surface area contributed by atoms with Gasteiger partial charge in [0.15, 0.2) is 0 Å². The summed E-state index contributed by atoms with van der Waals surface area (Å²) in [5, 5.41) is 26.8. The van der Waals surface area contributed by atoms with Crippen molar-refractivity contribution in [2.75, 3.05) is 63.8 Å². The summed E-state index contributed by atoms with van der Waals surface area (Å²) in [4.78, 5) is 8.95. The lowest BCUT2D eigenvalue weighted by Gasteiger charge is -2.36. The topological polar surface area (TPSA) is 108 Å². The van der Waals surface area contributed by atoms with Crippen LogP contribution >= 0.6 is 0 Å². The van der Waals surface area contributed by atoms with Gasteiger partial charge in [-0.1, -0.05) is 12.1 Å². The summed E-state index contributed by atoms with van der Waals surface area (Å²) in [6.07, 6.45) is 1.08. The lowest BCUT2D eigenvalue weighted by atomic mass is 10.1. The highest BCUT2D eigenvalue weighted by Crippen LogP contribution is 2.33. The van der Waals surface area contributed by atoms with Crippen molar-refractivity contribution < 1.29 is 19.7 Å². The number of nitrogens with zero attached hydrogens (tertiary/aromatic N) is 5. The van der Waals surface area contributed by atoms with Crippen LogP contribution in [0.3, 0.4) is 0 Å². The molecular weight excluding hydrogens is 472 g/mol. The Bertz CT molecular complexity index is 1350. The lowest BCUT2D eigenvalue weighted by Crippen LogP contribution is -2.49. The molecule has 0 unspecified atom stereocenters. The summed E-state index contributed by atoms with van der Waals surface area (Å²) in [6.45, 7) is 3.56. The van der Waals surface area contributed by atoms with Crippen molar-refractivity contribution in [1.82, 2.24) is 19.5 Å². The van der Waals surface area contributed by atoms with Gasteiger partial charge in [0, 0.05) is 50.0 Å². The predicted octanol–water partition coefficient (Wildman–Crippen LogP) is 2.63. The van der Waals surface area contributed by atoms with Crippen LogP contribution in [0.15, 0.2) is 60.8 Å². The highest BCUT2D eigenvalue weighted by atomic mass is 16.5. The number of aromatic nitrogens is 3. The fourth-order valence-corrected chi connectivity index (χ4v) is 4.66. The third-order valence-electron chi connectivity index (χ3n) is 6.63. The minimum absolute atomic E-state index is 0.214. The Morgan fingerprint density at radius 3 is 2.51 bits per heavy atom. The second-order valence-corrected chi connectivity index (χ2v) is 8.97. The maximum absolute atomic E-state index is 9.71. The third kappa shape index (κ3) is 5.31. The number of rotatable bonds is 9. The van der Waals surface area contributed by atoms with Crippen LogP contribution in [0.1, 0.15) is 0 Å². The van der Waals surface area contributed by atoms with E-state index in [1.54, 1.807) is 20.4 Å². The van der Waals surface area contributed by atoms with Crippen molar-refractivity contribution in [3.8, 4) is 22.8 Å². The number of hydrogen-bond acceptors (Lipinski definition) is 9. The minimum atomic E-state index is -0.698. The molecule has 1 fully saturated rings. The molecule has 0 bridgehead atoms. The van der Waals surface area contributed by atoms with Crippen molar-refractivity contribution >= 4 is 22.8 Å². The molecule has 0 saturated carbocycles. The number of aliphatic hydroxyl groups excluding tert-OH is 2. The van der Waals surface area contributed by atoms with E-state index in [-0.39, 0.29) is 6.61 Å². The molecule has 0 aliphatic carbocycles. The van der Waals surface area contributed by atoms with E-state index < -0.39 is 6.10 Å². The molecule has 5 rings (SSSR count). The fraction of sp³-hybridized carbons (Fsp3) is 0.333. The first-order valence-corrected chi connectivity index (χ1v) is 12.3. The van der Waals surface area contributed by atoms with Gasteiger partial charge in [-0.05, 0) is 36.4 Å². The van der Waals surface area contributed by atoms with Crippen LogP contribution in [-0.4, -0.2) is 89.4 Å². The highest BCUT2D eigenvalue weighted by molar-refractivity contribution is 5.72. The molecule has 4 aromatic rings. The number of methoxy groups -OCH3 is 2. The molecule has 1 aliphatic heterocycles. The summed E-state index contributed by atoms with van der Waals surface area (Å²) >= 11 is 0. The Morgan fingerprint density at radius 2 is 1.76 bits per heavy atom. The van der Waals surface area contributed by atoms with Crippen LogP contribution in [0.2, 0.25) is 0 Å². The first-order valence-electron chi connectivity index (χ1n) is 12.3. The molecule has 10 nitrogen and oxygen atoms in total. The Labute approximate surface area is 215 Å². The molecule has 1 atom stereocenters. The van der Waals surface area contributed by atoms with E-state index >= 15 is 0 Å². The molecule has 0 radical (unpaired) electrons. The smallest absolute Gasteiger partial charge is 0.245 e. The van der Waals surface area contributed by atoms with Gasteiger partial charge in [0.1, 0.15) is 11.5 Å². The molecule has 1 aliphatic rings. The average Bonchev–Trinajstić information content (AvgIpc) is 3.36. The van der Waals surface area contributed by atoms with E-state index in [2.05, 4.69) is 26.2 Å². The summed E-state index contributed by atoms with van der Waals surface area (Å²) in [5.74, 6) is 1.91. The number of piperazine rings is 1. The number of fused-ring (bicyclic) bond motifs is 1. The number of benzene rings is 2. The number of anilines is 3. The van der Waals surface area contributed by atoms with Crippen LogP contribution < -0.4 is 19.7 Å². The molecule has 3 heterocycles. The third-order valence-corrected chi connectivity index (χ3v) is 6.63. The van der Waals surface area contributed by atoms with E-state index in [1.165, 1.54) is 0 Å². The van der Waals surface area contributed by atoms with E-state index in [1.807, 2.05) is 53.0 Å². The average molecular weight is 505 g/mol. The highest BCUT2D eigenvalue weighted by Gasteiger charge is 2.20. The zero-order chi connectivity index (χ0) is 25.8. The zero-order valence-electron chi connectivity index (χ0n) is 21.0. The largest absolute Gasteiger partial charge is 0.496 e. The molecule has 0 amide bonds. The molecule has 10 heteroatoms. The number of nitrogens with one attached hydrogen (secondary N) is 1. The zero-order valence-corrected chi connectivity index (χ0v) is 21.0. The van der Waals surface area contributed by atoms with Gasteiger partial charge >= 0.3 is 0 Å². The Hall–Kier alpha value is -3.86. The van der Waals surface area contributed by atoms with Crippen molar-refractivity contribution in [2.24, 2.45) is 0 Å². The van der Waals surface area contributed by atoms with Gasteiger partial charge in [0.25, 0.3) is 0 Å². The lowest BCUT2D eigenvalue weighted by molar-refractivity contribution is 0.0575. The number of ether oxygens (including phenoxy) is 2. The van der Waals surface area contributed by atoms with Crippen molar-refractivity contribution in [2.45, 2.75) is 6.10 Å². The van der Waals surface area contributed by atoms with Gasteiger partial charge in [0.05, 0.1) is 50.0 Å². The number of para-hydroxylation sites is 1. The van der Waals surface area contributed by atoms with Gasteiger partial charge in [0.2, 0.25) is 5.95 Å². The molecule has 1 saturated heterocycles. The molecule has 2 aromatic carbocycles. The van der Waals surface area contributed by atoms with E-state index in [0.717, 1.165) is 60.1 Å². The molecule has 37 heavy (non-hydrogen) atoms. The van der Waals surface area contributed by atoms with Gasteiger partial charge in [-0.2, -0.15) is 0 Å². The minimum Gasteiger partial charge on any atom is -0.496 e. The van der Waals surface area contributed by atoms with Crippen LogP contribution in [0.5, 0.6) is 11.5 Å². The molecule has 2 aromatic heterocycles. The van der Waals surface area contributed by atoms with E-state index in [0.29, 0.717) is 18.2 Å². The normalized spacial score (nSPS) is 15.1. The van der Waals surface area contributed by atoms with Crippen LogP contribution in [0, 0.1) is 0 Å². The molecule has 194 valence electrons. The Kier molecular flexibility index (Phi) is 7.40. The maximum atomic E-state index is 9.71. The first kappa shape index (κ1) is 24.8. The van der Waals surface area contributed by atoms with Gasteiger partial charge in [-0.3, -0.25) is 4.90 Å². The SMILES string of the molecule is COc1cc(N2CCN(C[C@@H](O)CO)CC2)ccc1Nc1ncc2ccc(-c3ccccc3OC)n2n1. The van der Waals surface area contributed by atoms with Gasteiger partial charge in [-0.15, -0.1) is 5.10 Å². The molecule has 0 spiro atoms. The van der Waals surface area contributed by atoms with Crippen molar-refractivity contribution in [3.05, 3.63) is 60.8 Å². The fourth-order valence-electron chi connectivity index (χ4n) is 4.66. The second kappa shape index (κ2) is 11.0. The van der Waals surface area contributed by atoms with Crippen molar-refractivity contribution in [1.29, 1.82) is 0 Å². The molecular formula is C27H32N6O4. The van der Waals surface area contributed by atoms with Gasteiger partial charge < -0.3 is 29.9 Å².